The van der Waals surface area contributed by atoms with Crippen molar-refractivity contribution in [3.63, 3.8) is 0 Å². The first-order valence-electron chi connectivity index (χ1n) is 8.63. The van der Waals surface area contributed by atoms with Gasteiger partial charge in [-0.15, -0.1) is 0 Å². The topological polar surface area (TPSA) is 74.4 Å². The second-order valence-corrected chi connectivity index (χ2v) is 6.36. The van der Waals surface area contributed by atoms with Crippen LogP contribution in [0.5, 0.6) is 0 Å². The van der Waals surface area contributed by atoms with Gasteiger partial charge in [0, 0.05) is 39.8 Å². The van der Waals surface area contributed by atoms with Gasteiger partial charge in [0.25, 0.3) is 0 Å². The Morgan fingerprint density at radius 3 is 2.32 bits per heavy atom. The van der Waals surface area contributed by atoms with Crippen molar-refractivity contribution in [1.82, 2.24) is 14.7 Å². The van der Waals surface area contributed by atoms with Crippen molar-refractivity contribution in [2.75, 3.05) is 39.8 Å². The molecule has 0 aliphatic carbocycles. The number of nitrogens with zero attached hydrogens (tertiary/aromatic N) is 5. The number of nitriles is 2. The van der Waals surface area contributed by atoms with Crippen molar-refractivity contribution in [1.29, 1.82) is 10.5 Å². The SMILES string of the molecule is C[C@H](C(=O)N(C)CCC#N)N1CCN([C@@H](C#N)c2ccccc2)CC1. The van der Waals surface area contributed by atoms with Crippen LogP contribution in [0.2, 0.25) is 0 Å². The van der Waals surface area contributed by atoms with Crippen LogP contribution in [0.1, 0.15) is 24.9 Å². The number of piperazine rings is 1. The molecule has 1 heterocycles. The molecule has 0 unspecified atom stereocenters. The Morgan fingerprint density at radius 1 is 1.16 bits per heavy atom. The third-order valence-corrected chi connectivity index (χ3v) is 4.79. The molecule has 6 nitrogen and oxygen atoms in total. The fraction of sp³-hybridized carbons (Fsp3) is 0.526. The molecule has 1 aliphatic rings. The molecule has 0 radical (unpaired) electrons. The zero-order valence-electron chi connectivity index (χ0n) is 14.9. The Kier molecular flexibility index (Phi) is 6.94. The Morgan fingerprint density at radius 2 is 1.76 bits per heavy atom. The fourth-order valence-corrected chi connectivity index (χ4v) is 3.19. The van der Waals surface area contributed by atoms with Crippen LogP contribution in [0, 0.1) is 22.7 Å². The van der Waals surface area contributed by atoms with Gasteiger partial charge in [-0.3, -0.25) is 14.6 Å². The smallest absolute Gasteiger partial charge is 0.239 e. The van der Waals surface area contributed by atoms with Crippen LogP contribution >= 0.6 is 0 Å². The molecule has 0 aromatic heterocycles. The molecule has 1 aromatic rings. The van der Waals surface area contributed by atoms with E-state index in [9.17, 15) is 10.1 Å². The van der Waals surface area contributed by atoms with Gasteiger partial charge in [0.1, 0.15) is 6.04 Å². The number of hydrogen-bond donors (Lipinski definition) is 0. The Balaban J connectivity index is 1.91. The van der Waals surface area contributed by atoms with Crippen molar-refractivity contribution < 1.29 is 4.79 Å². The first kappa shape index (κ1) is 18.9. The van der Waals surface area contributed by atoms with E-state index in [1.54, 1.807) is 11.9 Å². The van der Waals surface area contributed by atoms with Gasteiger partial charge < -0.3 is 4.90 Å². The summed E-state index contributed by atoms with van der Waals surface area (Å²) in [7, 11) is 1.74. The number of hydrogen-bond acceptors (Lipinski definition) is 5. The predicted octanol–water partition coefficient (Wildman–Crippen LogP) is 1.63. The third kappa shape index (κ3) is 4.79. The Hall–Kier alpha value is -2.41. The molecular formula is C19H25N5O. The maximum absolute atomic E-state index is 12.5. The van der Waals surface area contributed by atoms with Gasteiger partial charge in [-0.05, 0) is 12.5 Å². The number of likely N-dealkylation sites (N-methyl/N-ethyl adjacent to an activating group) is 1. The number of carbonyl (C=O) groups excluding carboxylic acids is 1. The number of rotatable bonds is 6. The zero-order valence-corrected chi connectivity index (χ0v) is 14.9. The Bertz CT molecular complexity index is 640. The minimum atomic E-state index is -0.243. The molecule has 25 heavy (non-hydrogen) atoms. The summed E-state index contributed by atoms with van der Waals surface area (Å²) in [4.78, 5) is 18.4. The van der Waals surface area contributed by atoms with E-state index in [2.05, 4.69) is 21.9 Å². The molecule has 1 aromatic carbocycles. The van der Waals surface area contributed by atoms with E-state index in [1.165, 1.54) is 0 Å². The minimum absolute atomic E-state index is 0.0450. The van der Waals surface area contributed by atoms with Crippen molar-refractivity contribution in [2.24, 2.45) is 0 Å². The lowest BCUT2D eigenvalue weighted by molar-refractivity contribution is -0.135. The van der Waals surface area contributed by atoms with Crippen LogP contribution in [-0.2, 0) is 4.79 Å². The molecule has 1 fully saturated rings. The van der Waals surface area contributed by atoms with Gasteiger partial charge in [-0.2, -0.15) is 10.5 Å². The summed E-state index contributed by atoms with van der Waals surface area (Å²) in [5.41, 5.74) is 1.01. The van der Waals surface area contributed by atoms with Crippen LogP contribution in [0.4, 0.5) is 0 Å². The summed E-state index contributed by atoms with van der Waals surface area (Å²) in [5, 5.41) is 18.2. The van der Waals surface area contributed by atoms with E-state index < -0.39 is 0 Å². The highest BCUT2D eigenvalue weighted by atomic mass is 16.2. The molecule has 1 amide bonds. The van der Waals surface area contributed by atoms with E-state index in [-0.39, 0.29) is 18.0 Å². The first-order valence-corrected chi connectivity index (χ1v) is 8.63. The molecule has 1 saturated heterocycles. The van der Waals surface area contributed by atoms with E-state index in [4.69, 9.17) is 5.26 Å². The van der Waals surface area contributed by atoms with Crippen LogP contribution in [0.25, 0.3) is 0 Å². The second-order valence-electron chi connectivity index (χ2n) is 6.36. The van der Waals surface area contributed by atoms with E-state index in [0.717, 1.165) is 31.7 Å². The Labute approximate surface area is 149 Å². The molecule has 0 saturated carbocycles. The van der Waals surface area contributed by atoms with Crippen LogP contribution in [-0.4, -0.2) is 66.4 Å². The average molecular weight is 339 g/mol. The number of benzene rings is 1. The van der Waals surface area contributed by atoms with E-state index in [0.29, 0.717) is 13.0 Å². The molecule has 132 valence electrons. The maximum Gasteiger partial charge on any atom is 0.239 e. The van der Waals surface area contributed by atoms with Gasteiger partial charge >= 0.3 is 0 Å². The molecule has 0 spiro atoms. The molecule has 0 bridgehead atoms. The van der Waals surface area contributed by atoms with Crippen molar-refractivity contribution in [3.8, 4) is 12.1 Å². The van der Waals surface area contributed by atoms with Crippen LogP contribution < -0.4 is 0 Å². The van der Waals surface area contributed by atoms with Crippen molar-refractivity contribution >= 4 is 5.91 Å². The molecular weight excluding hydrogens is 314 g/mol. The predicted molar refractivity (Wildman–Crippen MR) is 95.3 cm³/mol. The summed E-state index contributed by atoms with van der Waals surface area (Å²) in [6, 6.07) is 13.8. The van der Waals surface area contributed by atoms with Gasteiger partial charge in [0.2, 0.25) is 5.91 Å². The van der Waals surface area contributed by atoms with E-state index in [1.807, 2.05) is 37.3 Å². The summed E-state index contributed by atoms with van der Waals surface area (Å²) in [5.74, 6) is 0.0450. The molecule has 1 aliphatic heterocycles. The molecule has 0 N–H and O–H groups in total. The van der Waals surface area contributed by atoms with Crippen LogP contribution in [0.3, 0.4) is 0 Å². The average Bonchev–Trinajstić information content (AvgIpc) is 2.67. The largest absolute Gasteiger partial charge is 0.343 e. The lowest BCUT2D eigenvalue weighted by Crippen LogP contribution is -2.54. The quantitative estimate of drug-likeness (QED) is 0.787. The highest BCUT2D eigenvalue weighted by molar-refractivity contribution is 5.81. The minimum Gasteiger partial charge on any atom is -0.343 e. The monoisotopic (exact) mass is 339 g/mol. The highest BCUT2D eigenvalue weighted by Crippen LogP contribution is 2.22. The lowest BCUT2D eigenvalue weighted by Gasteiger charge is -2.40. The first-order chi connectivity index (χ1) is 12.1. The van der Waals surface area contributed by atoms with E-state index >= 15 is 0 Å². The summed E-state index contributed by atoms with van der Waals surface area (Å²) in [6.45, 7) is 5.40. The zero-order chi connectivity index (χ0) is 18.2. The summed E-state index contributed by atoms with van der Waals surface area (Å²) >= 11 is 0. The fourth-order valence-electron chi connectivity index (χ4n) is 3.19. The summed E-state index contributed by atoms with van der Waals surface area (Å²) in [6.07, 6.45) is 0.351. The maximum atomic E-state index is 12.5. The van der Waals surface area contributed by atoms with Gasteiger partial charge in [-0.25, -0.2) is 0 Å². The lowest BCUT2D eigenvalue weighted by atomic mass is 10.1. The standard InChI is InChI=1S/C19H25N5O/c1-16(19(25)22(2)10-6-9-20)23-11-13-24(14-12-23)18(15-21)17-7-4-3-5-8-17/h3-5,7-8,16,18H,6,10-14H2,1-2H3/t16-,18+/m1/s1. The molecule has 2 atom stereocenters. The third-order valence-electron chi connectivity index (χ3n) is 4.79. The van der Waals surface area contributed by atoms with Crippen molar-refractivity contribution in [3.05, 3.63) is 35.9 Å². The number of carbonyl (C=O) groups is 1. The van der Waals surface area contributed by atoms with Crippen LogP contribution in [0.15, 0.2) is 30.3 Å². The number of amides is 1. The van der Waals surface area contributed by atoms with Crippen molar-refractivity contribution in [2.45, 2.75) is 25.4 Å². The van der Waals surface area contributed by atoms with Gasteiger partial charge in [0.15, 0.2) is 0 Å². The molecule has 6 heteroatoms. The highest BCUT2D eigenvalue weighted by Gasteiger charge is 2.30. The van der Waals surface area contributed by atoms with Gasteiger partial charge in [0.05, 0.1) is 24.6 Å². The van der Waals surface area contributed by atoms with Gasteiger partial charge in [-0.1, -0.05) is 30.3 Å². The summed E-state index contributed by atoms with van der Waals surface area (Å²) < 4.78 is 0. The normalized spacial score (nSPS) is 17.9. The molecule has 2 rings (SSSR count). The second kappa shape index (κ2) is 9.17.